The van der Waals surface area contributed by atoms with Crippen molar-refractivity contribution in [3.63, 3.8) is 0 Å². The van der Waals surface area contributed by atoms with Crippen LogP contribution in [0.2, 0.25) is 0 Å². The van der Waals surface area contributed by atoms with E-state index < -0.39 is 17.8 Å². The van der Waals surface area contributed by atoms with Crippen molar-refractivity contribution in [2.24, 2.45) is 5.92 Å². The van der Waals surface area contributed by atoms with Gasteiger partial charge < -0.3 is 14.8 Å². The largest absolute Gasteiger partial charge is 0.481 e. The Bertz CT molecular complexity index is 734. The van der Waals surface area contributed by atoms with E-state index in [0.717, 1.165) is 6.07 Å². The van der Waals surface area contributed by atoms with E-state index in [9.17, 15) is 14.4 Å². The lowest BCUT2D eigenvalue weighted by atomic mass is 10.1. The van der Waals surface area contributed by atoms with Crippen LogP contribution in [0.1, 0.15) is 23.9 Å². The molecular weight excluding hydrogens is 274 g/mol. The van der Waals surface area contributed by atoms with Gasteiger partial charge >= 0.3 is 5.97 Å². The van der Waals surface area contributed by atoms with Crippen molar-refractivity contribution in [2.75, 3.05) is 6.54 Å². The highest BCUT2D eigenvalue weighted by atomic mass is 16.4. The van der Waals surface area contributed by atoms with E-state index in [-0.39, 0.29) is 17.7 Å². The van der Waals surface area contributed by atoms with Gasteiger partial charge in [-0.2, -0.15) is 0 Å². The molecule has 0 saturated heterocycles. The summed E-state index contributed by atoms with van der Waals surface area (Å²) in [7, 11) is 0. The maximum absolute atomic E-state index is 11.9. The Labute approximate surface area is 120 Å². The Morgan fingerprint density at radius 3 is 2.71 bits per heavy atom. The van der Waals surface area contributed by atoms with E-state index in [1.54, 1.807) is 31.2 Å². The third-order valence-electron chi connectivity index (χ3n) is 3.21. The second-order valence-corrected chi connectivity index (χ2v) is 4.62. The number of para-hydroxylation sites is 1. The Morgan fingerprint density at radius 2 is 2.05 bits per heavy atom. The molecule has 2 rings (SSSR count). The first-order valence-electron chi connectivity index (χ1n) is 6.56. The summed E-state index contributed by atoms with van der Waals surface area (Å²) < 4.78 is 5.37. The number of fused-ring (bicyclic) bond motifs is 1. The molecule has 0 aliphatic rings. The smallest absolute Gasteiger partial charge is 0.308 e. The minimum absolute atomic E-state index is 0.0127. The van der Waals surface area contributed by atoms with Gasteiger partial charge in [-0.3, -0.25) is 14.4 Å². The predicted octanol–water partition coefficient (Wildman–Crippen LogP) is 1.63. The Kier molecular flexibility index (Phi) is 4.37. The lowest BCUT2D eigenvalue weighted by molar-refractivity contribution is -0.141. The second-order valence-electron chi connectivity index (χ2n) is 4.62. The van der Waals surface area contributed by atoms with E-state index in [1.165, 1.54) is 0 Å². The molecule has 1 unspecified atom stereocenters. The number of rotatable bonds is 5. The second kappa shape index (κ2) is 6.21. The maximum atomic E-state index is 11.9. The highest BCUT2D eigenvalue weighted by molar-refractivity contribution is 5.93. The fourth-order valence-corrected chi connectivity index (χ4v) is 1.93. The Balaban J connectivity index is 2.20. The van der Waals surface area contributed by atoms with E-state index in [1.807, 2.05) is 0 Å². The summed E-state index contributed by atoms with van der Waals surface area (Å²) in [6.07, 6.45) is 0.400. The van der Waals surface area contributed by atoms with Gasteiger partial charge in [-0.15, -0.1) is 0 Å². The number of nitrogens with one attached hydrogen (secondary N) is 1. The quantitative estimate of drug-likeness (QED) is 0.872. The van der Waals surface area contributed by atoms with Crippen LogP contribution in [0.15, 0.2) is 39.5 Å². The van der Waals surface area contributed by atoms with Crippen LogP contribution in [0.5, 0.6) is 0 Å². The van der Waals surface area contributed by atoms with Crippen LogP contribution in [0.25, 0.3) is 11.0 Å². The van der Waals surface area contributed by atoms with Gasteiger partial charge in [0.05, 0.1) is 11.3 Å². The van der Waals surface area contributed by atoms with Gasteiger partial charge in [0.25, 0.3) is 5.91 Å². The predicted molar refractivity (Wildman–Crippen MR) is 76.2 cm³/mol. The zero-order chi connectivity index (χ0) is 15.4. The molecule has 1 aromatic carbocycles. The molecule has 6 nitrogen and oxygen atoms in total. The standard InChI is InChI=1S/C15H15NO5/c1-2-9(15(19)20)8-16-14(18)13-7-11(17)10-5-3-4-6-12(10)21-13/h3-7,9H,2,8H2,1H3,(H,16,18)(H,19,20). The number of carbonyl (C=O) groups is 2. The molecule has 110 valence electrons. The average Bonchev–Trinajstić information content (AvgIpc) is 2.47. The van der Waals surface area contributed by atoms with Crippen LogP contribution in [0.4, 0.5) is 0 Å². The van der Waals surface area contributed by atoms with Crippen molar-refractivity contribution in [1.29, 1.82) is 0 Å². The van der Waals surface area contributed by atoms with Crippen LogP contribution >= 0.6 is 0 Å². The summed E-state index contributed by atoms with van der Waals surface area (Å²) in [5, 5.41) is 11.8. The van der Waals surface area contributed by atoms with Gasteiger partial charge in [-0.25, -0.2) is 0 Å². The van der Waals surface area contributed by atoms with Crippen molar-refractivity contribution >= 4 is 22.8 Å². The zero-order valence-corrected chi connectivity index (χ0v) is 11.5. The van der Waals surface area contributed by atoms with Gasteiger partial charge in [0.15, 0.2) is 11.2 Å². The summed E-state index contributed by atoms with van der Waals surface area (Å²) in [5.74, 6) is -2.37. The average molecular weight is 289 g/mol. The van der Waals surface area contributed by atoms with E-state index in [4.69, 9.17) is 9.52 Å². The molecular formula is C15H15NO5. The molecule has 0 fully saturated rings. The summed E-state index contributed by atoms with van der Waals surface area (Å²) >= 11 is 0. The minimum Gasteiger partial charge on any atom is -0.481 e. The molecule has 1 aromatic heterocycles. The van der Waals surface area contributed by atoms with Crippen LogP contribution in [0.3, 0.4) is 0 Å². The number of aliphatic carboxylic acids is 1. The number of carbonyl (C=O) groups excluding carboxylic acids is 1. The van der Waals surface area contributed by atoms with Crippen LogP contribution in [-0.2, 0) is 4.79 Å². The first-order chi connectivity index (χ1) is 10.0. The van der Waals surface area contributed by atoms with E-state index in [2.05, 4.69) is 5.32 Å². The molecule has 2 aromatic rings. The van der Waals surface area contributed by atoms with Gasteiger partial charge in [0.1, 0.15) is 5.58 Å². The van der Waals surface area contributed by atoms with Gasteiger partial charge in [-0.1, -0.05) is 19.1 Å². The first-order valence-corrected chi connectivity index (χ1v) is 6.56. The summed E-state index contributed by atoms with van der Waals surface area (Å²) in [6.45, 7) is 1.71. The molecule has 0 radical (unpaired) electrons. The summed E-state index contributed by atoms with van der Waals surface area (Å²) in [6, 6.07) is 7.72. The van der Waals surface area contributed by atoms with Gasteiger partial charge in [0.2, 0.25) is 0 Å². The first kappa shape index (κ1) is 14.8. The topological polar surface area (TPSA) is 96.6 Å². The molecule has 21 heavy (non-hydrogen) atoms. The maximum Gasteiger partial charge on any atom is 0.308 e. The SMILES string of the molecule is CCC(CNC(=O)c1cc(=O)c2ccccc2o1)C(=O)O. The Hall–Kier alpha value is -2.63. The molecule has 1 heterocycles. The molecule has 1 atom stereocenters. The van der Waals surface area contributed by atoms with Crippen molar-refractivity contribution < 1.29 is 19.1 Å². The van der Waals surface area contributed by atoms with Crippen LogP contribution in [0, 0.1) is 5.92 Å². The van der Waals surface area contributed by atoms with Crippen LogP contribution in [-0.4, -0.2) is 23.5 Å². The number of hydrogen-bond donors (Lipinski definition) is 2. The zero-order valence-electron chi connectivity index (χ0n) is 11.5. The van der Waals surface area contributed by atoms with Gasteiger partial charge in [0, 0.05) is 12.6 Å². The third kappa shape index (κ3) is 3.28. The fourth-order valence-electron chi connectivity index (χ4n) is 1.93. The number of carboxylic acids is 1. The van der Waals surface area contributed by atoms with Crippen molar-refractivity contribution in [2.45, 2.75) is 13.3 Å². The summed E-state index contributed by atoms with van der Waals surface area (Å²) in [4.78, 5) is 34.7. The molecule has 0 spiro atoms. The van der Waals surface area contributed by atoms with E-state index in [0.29, 0.717) is 17.4 Å². The molecule has 0 aliphatic carbocycles. The number of carboxylic acid groups (broad SMARTS) is 1. The molecule has 1 amide bonds. The van der Waals surface area contributed by atoms with Crippen LogP contribution < -0.4 is 10.7 Å². The molecule has 6 heteroatoms. The highest BCUT2D eigenvalue weighted by Gasteiger charge is 2.18. The molecule has 2 N–H and O–H groups in total. The number of amides is 1. The van der Waals surface area contributed by atoms with Crippen molar-refractivity contribution in [3.8, 4) is 0 Å². The number of hydrogen-bond acceptors (Lipinski definition) is 4. The highest BCUT2D eigenvalue weighted by Crippen LogP contribution is 2.11. The minimum atomic E-state index is -0.974. The normalized spacial score (nSPS) is 12.0. The lowest BCUT2D eigenvalue weighted by Crippen LogP contribution is -2.33. The molecule has 0 saturated carbocycles. The monoisotopic (exact) mass is 289 g/mol. The molecule has 0 bridgehead atoms. The lowest BCUT2D eigenvalue weighted by Gasteiger charge is -2.10. The van der Waals surface area contributed by atoms with Crippen molar-refractivity contribution in [3.05, 3.63) is 46.3 Å². The van der Waals surface area contributed by atoms with Crippen molar-refractivity contribution in [1.82, 2.24) is 5.32 Å². The third-order valence-corrected chi connectivity index (χ3v) is 3.21. The Morgan fingerprint density at radius 1 is 1.33 bits per heavy atom. The summed E-state index contributed by atoms with van der Waals surface area (Å²) in [5.41, 5.74) is 0.00713. The van der Waals surface area contributed by atoms with Gasteiger partial charge in [-0.05, 0) is 18.6 Å². The van der Waals surface area contributed by atoms with E-state index >= 15 is 0 Å². The molecule has 0 aliphatic heterocycles. The number of benzene rings is 1. The fraction of sp³-hybridized carbons (Fsp3) is 0.267.